The molecule has 17 heavy (non-hydrogen) atoms. The molecule has 2 aromatic rings. The van der Waals surface area contributed by atoms with E-state index in [1.807, 2.05) is 30.3 Å². The van der Waals surface area contributed by atoms with E-state index in [1.54, 1.807) is 0 Å². The van der Waals surface area contributed by atoms with E-state index in [0.29, 0.717) is 19.8 Å². The number of fused-ring (bicyclic) bond motifs is 1. The summed E-state index contributed by atoms with van der Waals surface area (Å²) in [7, 11) is 0. The van der Waals surface area contributed by atoms with E-state index in [-0.39, 0.29) is 6.61 Å². The van der Waals surface area contributed by atoms with Gasteiger partial charge in [0, 0.05) is 0 Å². The minimum Gasteiger partial charge on any atom is -0.491 e. The molecule has 0 saturated heterocycles. The normalized spacial score (nSPS) is 10.6. The molecule has 90 valence electrons. The van der Waals surface area contributed by atoms with E-state index in [9.17, 15) is 0 Å². The minimum absolute atomic E-state index is 0.0516. The third-order valence-corrected chi connectivity index (χ3v) is 2.45. The summed E-state index contributed by atoms with van der Waals surface area (Å²) in [5.41, 5.74) is 0. The lowest BCUT2D eigenvalue weighted by atomic mass is 10.1. The van der Waals surface area contributed by atoms with Crippen LogP contribution >= 0.6 is 0 Å². The molecular weight excluding hydrogens is 216 g/mol. The van der Waals surface area contributed by atoms with Crippen molar-refractivity contribution in [2.24, 2.45) is 0 Å². The van der Waals surface area contributed by atoms with Crippen LogP contribution in [0.25, 0.3) is 10.8 Å². The summed E-state index contributed by atoms with van der Waals surface area (Å²) in [5.74, 6) is 0.844. The van der Waals surface area contributed by atoms with Crippen LogP contribution in [0.5, 0.6) is 5.75 Å². The molecular formula is C14H16O3. The highest BCUT2D eigenvalue weighted by Gasteiger charge is 1.96. The average Bonchev–Trinajstić information content (AvgIpc) is 2.38. The third-order valence-electron chi connectivity index (χ3n) is 2.45. The fraction of sp³-hybridized carbons (Fsp3) is 0.286. The zero-order valence-corrected chi connectivity index (χ0v) is 9.63. The smallest absolute Gasteiger partial charge is 0.120 e. The van der Waals surface area contributed by atoms with Crippen molar-refractivity contribution in [3.63, 3.8) is 0 Å². The second-order valence-corrected chi connectivity index (χ2v) is 3.69. The van der Waals surface area contributed by atoms with Gasteiger partial charge >= 0.3 is 0 Å². The van der Waals surface area contributed by atoms with E-state index in [2.05, 4.69) is 12.1 Å². The highest BCUT2D eigenvalue weighted by Crippen LogP contribution is 2.20. The van der Waals surface area contributed by atoms with E-state index in [4.69, 9.17) is 14.6 Å². The standard InChI is InChI=1S/C14H16O3/c15-7-8-16-9-10-17-14-6-5-12-3-1-2-4-13(12)11-14/h1-6,11,15H,7-10H2. The molecule has 0 aliphatic carbocycles. The summed E-state index contributed by atoms with van der Waals surface area (Å²) in [6, 6.07) is 14.2. The Morgan fingerprint density at radius 2 is 1.71 bits per heavy atom. The molecule has 3 nitrogen and oxygen atoms in total. The Kier molecular flexibility index (Phi) is 4.36. The first-order valence-corrected chi connectivity index (χ1v) is 5.70. The summed E-state index contributed by atoms with van der Waals surface area (Å²) in [6.45, 7) is 1.41. The summed E-state index contributed by atoms with van der Waals surface area (Å²) < 4.78 is 10.7. The third kappa shape index (κ3) is 3.44. The van der Waals surface area contributed by atoms with Gasteiger partial charge in [0.05, 0.1) is 19.8 Å². The van der Waals surface area contributed by atoms with Gasteiger partial charge in [-0.1, -0.05) is 30.3 Å². The number of hydrogen-bond donors (Lipinski definition) is 1. The Labute approximate surface area is 101 Å². The number of hydrogen-bond acceptors (Lipinski definition) is 3. The number of aliphatic hydroxyl groups excluding tert-OH is 1. The molecule has 2 aromatic carbocycles. The van der Waals surface area contributed by atoms with Crippen molar-refractivity contribution >= 4 is 10.8 Å². The van der Waals surface area contributed by atoms with Crippen molar-refractivity contribution in [1.29, 1.82) is 0 Å². The van der Waals surface area contributed by atoms with Gasteiger partial charge in [0.25, 0.3) is 0 Å². The second kappa shape index (κ2) is 6.23. The van der Waals surface area contributed by atoms with Crippen LogP contribution < -0.4 is 4.74 Å². The van der Waals surface area contributed by atoms with E-state index in [0.717, 1.165) is 5.75 Å². The molecule has 0 aliphatic rings. The first kappa shape index (κ1) is 11.9. The van der Waals surface area contributed by atoms with Gasteiger partial charge in [0.1, 0.15) is 12.4 Å². The van der Waals surface area contributed by atoms with Crippen LogP contribution in [0, 0.1) is 0 Å². The number of ether oxygens (including phenoxy) is 2. The van der Waals surface area contributed by atoms with E-state index < -0.39 is 0 Å². The van der Waals surface area contributed by atoms with Crippen molar-refractivity contribution in [3.05, 3.63) is 42.5 Å². The lowest BCUT2D eigenvalue weighted by Gasteiger charge is -2.07. The monoisotopic (exact) mass is 232 g/mol. The topological polar surface area (TPSA) is 38.7 Å². The molecule has 0 spiro atoms. The van der Waals surface area contributed by atoms with Crippen LogP contribution in [0.1, 0.15) is 0 Å². The first-order valence-electron chi connectivity index (χ1n) is 5.70. The molecule has 0 aromatic heterocycles. The Morgan fingerprint density at radius 1 is 0.882 bits per heavy atom. The number of rotatable bonds is 6. The zero-order valence-electron chi connectivity index (χ0n) is 9.63. The zero-order chi connectivity index (χ0) is 11.9. The average molecular weight is 232 g/mol. The molecule has 0 aliphatic heterocycles. The maximum atomic E-state index is 8.54. The van der Waals surface area contributed by atoms with Crippen LogP contribution in [0.4, 0.5) is 0 Å². The second-order valence-electron chi connectivity index (χ2n) is 3.69. The van der Waals surface area contributed by atoms with Crippen LogP contribution in [0.2, 0.25) is 0 Å². The molecule has 0 amide bonds. The van der Waals surface area contributed by atoms with E-state index >= 15 is 0 Å². The lowest BCUT2D eigenvalue weighted by molar-refractivity contribution is 0.0705. The molecule has 2 rings (SSSR count). The first-order chi connectivity index (χ1) is 8.40. The van der Waals surface area contributed by atoms with Crippen LogP contribution in [-0.4, -0.2) is 31.5 Å². The van der Waals surface area contributed by atoms with Crippen molar-refractivity contribution in [3.8, 4) is 5.75 Å². The van der Waals surface area contributed by atoms with E-state index in [1.165, 1.54) is 10.8 Å². The molecule has 0 saturated carbocycles. The highest BCUT2D eigenvalue weighted by molar-refractivity contribution is 5.83. The van der Waals surface area contributed by atoms with Crippen LogP contribution in [-0.2, 0) is 4.74 Å². The molecule has 1 N–H and O–H groups in total. The fourth-order valence-electron chi connectivity index (χ4n) is 1.64. The number of benzene rings is 2. The van der Waals surface area contributed by atoms with Gasteiger partial charge in [-0.15, -0.1) is 0 Å². The predicted octanol–water partition coefficient (Wildman–Crippen LogP) is 2.23. The summed E-state index contributed by atoms with van der Waals surface area (Å²) in [6.07, 6.45) is 0. The molecule has 0 heterocycles. The van der Waals surface area contributed by atoms with Crippen molar-refractivity contribution in [1.82, 2.24) is 0 Å². The minimum atomic E-state index is 0.0516. The molecule has 0 fully saturated rings. The molecule has 3 heteroatoms. The lowest BCUT2D eigenvalue weighted by Crippen LogP contribution is -2.08. The van der Waals surface area contributed by atoms with Crippen molar-refractivity contribution < 1.29 is 14.6 Å². The van der Waals surface area contributed by atoms with Crippen LogP contribution in [0.3, 0.4) is 0 Å². The SMILES string of the molecule is OCCOCCOc1ccc2ccccc2c1. The molecule has 0 bridgehead atoms. The highest BCUT2D eigenvalue weighted by atomic mass is 16.5. The Morgan fingerprint density at radius 3 is 2.53 bits per heavy atom. The van der Waals surface area contributed by atoms with Gasteiger partial charge in [-0.2, -0.15) is 0 Å². The summed E-state index contributed by atoms with van der Waals surface area (Å²) in [5, 5.41) is 10.9. The molecule has 0 unspecified atom stereocenters. The fourth-order valence-corrected chi connectivity index (χ4v) is 1.64. The van der Waals surface area contributed by atoms with Crippen molar-refractivity contribution in [2.45, 2.75) is 0 Å². The van der Waals surface area contributed by atoms with Gasteiger partial charge in [0.15, 0.2) is 0 Å². The summed E-state index contributed by atoms with van der Waals surface area (Å²) in [4.78, 5) is 0. The summed E-state index contributed by atoms with van der Waals surface area (Å²) >= 11 is 0. The Hall–Kier alpha value is -1.58. The van der Waals surface area contributed by atoms with Crippen LogP contribution in [0.15, 0.2) is 42.5 Å². The van der Waals surface area contributed by atoms with Gasteiger partial charge in [-0.25, -0.2) is 0 Å². The Bertz CT molecular complexity index is 468. The largest absolute Gasteiger partial charge is 0.491 e. The maximum absolute atomic E-state index is 8.54. The molecule has 0 radical (unpaired) electrons. The predicted molar refractivity (Wildman–Crippen MR) is 67.3 cm³/mol. The van der Waals surface area contributed by atoms with Crippen molar-refractivity contribution in [2.75, 3.05) is 26.4 Å². The van der Waals surface area contributed by atoms with Gasteiger partial charge in [0.2, 0.25) is 0 Å². The Balaban J connectivity index is 1.90. The van der Waals surface area contributed by atoms with Gasteiger partial charge in [-0.3, -0.25) is 0 Å². The quantitative estimate of drug-likeness (QED) is 0.776. The van der Waals surface area contributed by atoms with Gasteiger partial charge < -0.3 is 14.6 Å². The molecule has 0 atom stereocenters. The number of aliphatic hydroxyl groups is 1. The maximum Gasteiger partial charge on any atom is 0.120 e. The van der Waals surface area contributed by atoms with Gasteiger partial charge in [-0.05, 0) is 22.9 Å².